The van der Waals surface area contributed by atoms with Crippen LogP contribution in [0.5, 0.6) is 0 Å². The van der Waals surface area contributed by atoms with Crippen molar-refractivity contribution in [1.29, 1.82) is 0 Å². The molecule has 5 heterocycles. The minimum atomic E-state index is 0.189. The molecular weight excluding hydrogens is 350 g/mol. The van der Waals surface area contributed by atoms with Crippen molar-refractivity contribution >= 4 is 10.9 Å². The summed E-state index contributed by atoms with van der Waals surface area (Å²) in [6.45, 7) is 8.12. The van der Waals surface area contributed by atoms with E-state index in [-0.39, 0.29) is 6.23 Å². The summed E-state index contributed by atoms with van der Waals surface area (Å²) in [6.07, 6.45) is 5.24. The molecule has 150 valence electrons. The van der Waals surface area contributed by atoms with Gasteiger partial charge in [0.05, 0.1) is 31.4 Å². The van der Waals surface area contributed by atoms with E-state index >= 15 is 0 Å². The number of hydrogen-bond acceptors (Lipinski definition) is 4. The Morgan fingerprint density at radius 2 is 1.96 bits per heavy atom. The maximum Gasteiger partial charge on any atom is 0.134 e. The van der Waals surface area contributed by atoms with Crippen LogP contribution in [0.15, 0.2) is 24.3 Å². The lowest BCUT2D eigenvalue weighted by Gasteiger charge is -2.49. The molecular formula is C23H31N3O2. The fourth-order valence-corrected chi connectivity index (χ4v) is 6.20. The number of piperidine rings is 1. The highest BCUT2D eigenvalue weighted by Gasteiger charge is 2.45. The molecule has 0 spiro atoms. The molecule has 28 heavy (non-hydrogen) atoms. The Morgan fingerprint density at radius 1 is 1.07 bits per heavy atom. The van der Waals surface area contributed by atoms with Crippen LogP contribution in [0.3, 0.4) is 0 Å². The molecule has 5 nitrogen and oxygen atoms in total. The number of rotatable bonds is 4. The zero-order valence-corrected chi connectivity index (χ0v) is 16.7. The minimum absolute atomic E-state index is 0.189. The van der Waals surface area contributed by atoms with E-state index in [1.54, 1.807) is 11.3 Å². The molecule has 0 N–H and O–H groups in total. The number of para-hydroxylation sites is 1. The Labute approximate surface area is 167 Å². The van der Waals surface area contributed by atoms with Crippen LogP contribution in [0.25, 0.3) is 10.9 Å². The van der Waals surface area contributed by atoms with E-state index in [4.69, 9.17) is 9.47 Å². The number of benzene rings is 1. The van der Waals surface area contributed by atoms with Crippen molar-refractivity contribution in [3.05, 3.63) is 35.5 Å². The Bertz CT molecular complexity index is 857. The number of nitrogens with zero attached hydrogens (tertiary/aromatic N) is 3. The third-order valence-electron chi connectivity index (χ3n) is 7.46. The highest BCUT2D eigenvalue weighted by molar-refractivity contribution is 5.86. The molecule has 0 bridgehead atoms. The van der Waals surface area contributed by atoms with Crippen molar-refractivity contribution in [2.75, 3.05) is 52.5 Å². The molecule has 3 atom stereocenters. The quantitative estimate of drug-likeness (QED) is 0.814. The number of morpholine rings is 1. The summed E-state index contributed by atoms with van der Waals surface area (Å²) in [5.74, 6) is 0.748. The first-order valence-corrected chi connectivity index (χ1v) is 11.2. The summed E-state index contributed by atoms with van der Waals surface area (Å²) in [6, 6.07) is 9.63. The van der Waals surface area contributed by atoms with Crippen LogP contribution < -0.4 is 0 Å². The Hall–Kier alpha value is -1.40. The Kier molecular flexibility index (Phi) is 4.45. The van der Waals surface area contributed by atoms with Gasteiger partial charge in [-0.25, -0.2) is 0 Å². The van der Waals surface area contributed by atoms with Gasteiger partial charge in [0.1, 0.15) is 6.23 Å². The Morgan fingerprint density at radius 3 is 2.89 bits per heavy atom. The van der Waals surface area contributed by atoms with Crippen LogP contribution in [0.4, 0.5) is 0 Å². The van der Waals surface area contributed by atoms with Crippen molar-refractivity contribution in [1.82, 2.24) is 14.4 Å². The van der Waals surface area contributed by atoms with Gasteiger partial charge >= 0.3 is 0 Å². The summed E-state index contributed by atoms with van der Waals surface area (Å²) >= 11 is 0. The van der Waals surface area contributed by atoms with E-state index in [9.17, 15) is 0 Å². The van der Waals surface area contributed by atoms with E-state index < -0.39 is 0 Å². The summed E-state index contributed by atoms with van der Waals surface area (Å²) < 4.78 is 14.7. The van der Waals surface area contributed by atoms with Crippen molar-refractivity contribution in [2.45, 2.75) is 38.0 Å². The third-order valence-corrected chi connectivity index (χ3v) is 7.46. The van der Waals surface area contributed by atoms with Crippen LogP contribution in [0, 0.1) is 5.92 Å². The molecule has 6 rings (SSSR count). The van der Waals surface area contributed by atoms with E-state index in [1.807, 2.05) is 0 Å². The van der Waals surface area contributed by atoms with Gasteiger partial charge in [-0.2, -0.15) is 0 Å². The summed E-state index contributed by atoms with van der Waals surface area (Å²) in [5.41, 5.74) is 4.57. The zero-order valence-electron chi connectivity index (χ0n) is 16.7. The monoisotopic (exact) mass is 381 g/mol. The summed E-state index contributed by atoms with van der Waals surface area (Å²) in [4.78, 5) is 5.23. The molecule has 2 aromatic rings. The van der Waals surface area contributed by atoms with Gasteiger partial charge in [-0.15, -0.1) is 0 Å². The molecule has 4 aliphatic rings. The lowest BCUT2D eigenvalue weighted by molar-refractivity contribution is -0.0682. The summed E-state index contributed by atoms with van der Waals surface area (Å²) in [5, 5.41) is 1.46. The molecule has 0 amide bonds. The first-order chi connectivity index (χ1) is 13.9. The normalized spacial score (nSPS) is 30.5. The van der Waals surface area contributed by atoms with Gasteiger partial charge in [-0.3, -0.25) is 9.80 Å². The van der Waals surface area contributed by atoms with Gasteiger partial charge in [-0.1, -0.05) is 18.2 Å². The average Bonchev–Trinajstić information content (AvgIpc) is 3.09. The largest absolute Gasteiger partial charge is 0.379 e. The van der Waals surface area contributed by atoms with Crippen molar-refractivity contribution in [2.24, 2.45) is 5.92 Å². The zero-order chi connectivity index (χ0) is 18.5. The minimum Gasteiger partial charge on any atom is -0.379 e. The highest BCUT2D eigenvalue weighted by Crippen LogP contribution is 2.51. The summed E-state index contributed by atoms with van der Waals surface area (Å²) in [7, 11) is 0. The molecule has 1 aromatic heterocycles. The molecule has 2 saturated heterocycles. The number of fused-ring (bicyclic) bond motifs is 3. The molecule has 0 saturated carbocycles. The lowest BCUT2D eigenvalue weighted by Crippen LogP contribution is -2.47. The van der Waals surface area contributed by atoms with Crippen molar-refractivity contribution < 1.29 is 9.47 Å². The molecule has 0 aliphatic carbocycles. The van der Waals surface area contributed by atoms with Crippen LogP contribution in [-0.4, -0.2) is 66.9 Å². The van der Waals surface area contributed by atoms with Crippen LogP contribution in [0.1, 0.15) is 42.8 Å². The van der Waals surface area contributed by atoms with Gasteiger partial charge in [0.2, 0.25) is 0 Å². The second-order valence-electron chi connectivity index (χ2n) is 8.90. The Balaban J connectivity index is 1.33. The maximum absolute atomic E-state index is 6.60. The van der Waals surface area contributed by atoms with Gasteiger partial charge in [0.25, 0.3) is 0 Å². The molecule has 5 heteroatoms. The topological polar surface area (TPSA) is 29.9 Å². The fourth-order valence-electron chi connectivity index (χ4n) is 6.20. The van der Waals surface area contributed by atoms with E-state index in [1.165, 1.54) is 43.3 Å². The average molecular weight is 382 g/mol. The van der Waals surface area contributed by atoms with E-state index in [0.29, 0.717) is 6.04 Å². The first-order valence-electron chi connectivity index (χ1n) is 11.2. The van der Waals surface area contributed by atoms with Gasteiger partial charge in [-0.05, 0) is 49.8 Å². The molecule has 2 fully saturated rings. The number of ether oxygens (including phenoxy) is 2. The number of hydrogen-bond donors (Lipinski definition) is 0. The lowest BCUT2D eigenvalue weighted by atomic mass is 9.78. The molecule has 1 aromatic carbocycles. The third kappa shape index (κ3) is 2.75. The van der Waals surface area contributed by atoms with E-state index in [0.717, 1.165) is 51.8 Å². The highest BCUT2D eigenvalue weighted by atomic mass is 16.5. The standard InChI is InChI=1S/C23H31N3O2/c1-2-6-20-18(5-1)19-7-9-25-8-3-4-17-16-21(26(20)23(19)22(17)25)28-15-12-24-10-13-27-14-11-24/h1-2,5-6,17,21-22H,3-4,7-16H2/t17-,21+,22+/m1/s1. The fraction of sp³-hybridized carbons (Fsp3) is 0.652. The second-order valence-corrected chi connectivity index (χ2v) is 8.90. The molecule has 0 radical (unpaired) electrons. The van der Waals surface area contributed by atoms with Gasteiger partial charge < -0.3 is 14.0 Å². The van der Waals surface area contributed by atoms with E-state index in [2.05, 4.69) is 38.6 Å². The van der Waals surface area contributed by atoms with Crippen LogP contribution in [-0.2, 0) is 15.9 Å². The molecule has 0 unspecified atom stereocenters. The number of aromatic nitrogens is 1. The maximum atomic E-state index is 6.60. The van der Waals surface area contributed by atoms with Gasteiger partial charge in [0, 0.05) is 37.3 Å². The molecule has 4 aliphatic heterocycles. The first kappa shape index (κ1) is 17.5. The SMILES string of the molecule is c1ccc2c(c1)c1c3n2[C@@H](OCCN2CCOCC2)C[C@H]2CCCN(CC1)[C@H]32. The van der Waals surface area contributed by atoms with Crippen LogP contribution >= 0.6 is 0 Å². The predicted molar refractivity (Wildman–Crippen MR) is 110 cm³/mol. The second kappa shape index (κ2) is 7.13. The van der Waals surface area contributed by atoms with Crippen molar-refractivity contribution in [3.63, 3.8) is 0 Å². The van der Waals surface area contributed by atoms with Crippen LogP contribution in [0.2, 0.25) is 0 Å². The van der Waals surface area contributed by atoms with Crippen molar-refractivity contribution in [3.8, 4) is 0 Å². The predicted octanol–water partition coefficient (Wildman–Crippen LogP) is 3.20. The smallest absolute Gasteiger partial charge is 0.134 e. The van der Waals surface area contributed by atoms with Gasteiger partial charge in [0.15, 0.2) is 0 Å².